The lowest BCUT2D eigenvalue weighted by molar-refractivity contribution is -0.149. The van der Waals surface area contributed by atoms with Crippen LogP contribution in [0.15, 0.2) is 30.3 Å². The number of para-hydroxylation sites is 1. The van der Waals surface area contributed by atoms with Crippen LogP contribution in [-0.4, -0.2) is 31.8 Å². The van der Waals surface area contributed by atoms with Gasteiger partial charge in [0.05, 0.1) is 19.1 Å². The highest BCUT2D eigenvalue weighted by atomic mass is 16.5. The fourth-order valence-electron chi connectivity index (χ4n) is 2.42. The Balaban J connectivity index is 1.63. The van der Waals surface area contributed by atoms with Crippen molar-refractivity contribution >= 4 is 5.97 Å². The molecular weight excluding hydrogens is 268 g/mol. The molecule has 1 aromatic carbocycles. The van der Waals surface area contributed by atoms with Gasteiger partial charge in [-0.1, -0.05) is 32.0 Å². The minimum atomic E-state index is -0.133. The number of nitrogens with one attached hydrogen (secondary N) is 2. The zero-order valence-electron chi connectivity index (χ0n) is 12.7. The van der Waals surface area contributed by atoms with Crippen LogP contribution in [-0.2, 0) is 9.53 Å². The van der Waals surface area contributed by atoms with Gasteiger partial charge in [-0.2, -0.15) is 0 Å². The molecule has 1 saturated heterocycles. The van der Waals surface area contributed by atoms with Gasteiger partial charge in [0.1, 0.15) is 5.75 Å². The van der Waals surface area contributed by atoms with E-state index < -0.39 is 0 Å². The first-order chi connectivity index (χ1) is 10.2. The molecule has 0 spiro atoms. The first kappa shape index (κ1) is 15.8. The zero-order chi connectivity index (χ0) is 15.1. The molecule has 0 bridgehead atoms. The fraction of sp³-hybridized carbons (Fsp3) is 0.562. The van der Waals surface area contributed by atoms with Gasteiger partial charge in [0.25, 0.3) is 0 Å². The average molecular weight is 292 g/mol. The van der Waals surface area contributed by atoms with Crippen molar-refractivity contribution in [3.63, 3.8) is 0 Å². The van der Waals surface area contributed by atoms with E-state index in [2.05, 4.69) is 24.7 Å². The Hall–Kier alpha value is -1.59. The summed E-state index contributed by atoms with van der Waals surface area (Å²) in [7, 11) is 0. The number of benzene rings is 1. The quantitative estimate of drug-likeness (QED) is 0.592. The van der Waals surface area contributed by atoms with Gasteiger partial charge in [0.15, 0.2) is 0 Å². The van der Waals surface area contributed by atoms with E-state index >= 15 is 0 Å². The lowest BCUT2D eigenvalue weighted by atomic mass is 9.92. The molecule has 1 aromatic rings. The predicted octanol–water partition coefficient (Wildman–Crippen LogP) is 1.75. The lowest BCUT2D eigenvalue weighted by Gasteiger charge is -2.20. The maximum Gasteiger partial charge on any atom is 0.311 e. The number of carbonyl (C=O) groups is 1. The molecule has 1 aliphatic heterocycles. The Morgan fingerprint density at radius 3 is 2.76 bits per heavy atom. The maximum atomic E-state index is 12.1. The second kappa shape index (κ2) is 8.00. The van der Waals surface area contributed by atoms with E-state index in [-0.39, 0.29) is 17.9 Å². The van der Waals surface area contributed by atoms with Crippen LogP contribution in [0.2, 0.25) is 0 Å². The average Bonchev–Trinajstić information content (AvgIpc) is 2.97. The molecule has 1 aliphatic rings. The summed E-state index contributed by atoms with van der Waals surface area (Å²) in [6, 6.07) is 9.77. The number of hydrogen-bond donors (Lipinski definition) is 2. The SMILES string of the molecule is CC(C)C1NNCC1C(=O)OCCCOc1ccccc1. The number of hydrazine groups is 1. The van der Waals surface area contributed by atoms with Gasteiger partial charge in [0.2, 0.25) is 0 Å². The second-order valence-electron chi connectivity index (χ2n) is 5.58. The van der Waals surface area contributed by atoms with Crippen molar-refractivity contribution in [2.45, 2.75) is 26.3 Å². The number of ether oxygens (including phenoxy) is 2. The standard InChI is InChI=1S/C16H24N2O3/c1-12(2)15-14(11-17-18-15)16(19)21-10-6-9-20-13-7-4-3-5-8-13/h3-5,7-8,12,14-15,17-18H,6,9-11H2,1-2H3. The van der Waals surface area contributed by atoms with Crippen molar-refractivity contribution in [2.24, 2.45) is 11.8 Å². The highest BCUT2D eigenvalue weighted by Gasteiger charge is 2.35. The summed E-state index contributed by atoms with van der Waals surface area (Å²) < 4.78 is 10.9. The Morgan fingerprint density at radius 1 is 1.29 bits per heavy atom. The molecule has 0 aromatic heterocycles. The third kappa shape index (κ3) is 4.72. The van der Waals surface area contributed by atoms with Crippen LogP contribution in [0.4, 0.5) is 0 Å². The summed E-state index contributed by atoms with van der Waals surface area (Å²) in [5.74, 6) is 0.984. The molecule has 1 fully saturated rings. The Labute approximate surface area is 126 Å². The van der Waals surface area contributed by atoms with Gasteiger partial charge < -0.3 is 9.47 Å². The largest absolute Gasteiger partial charge is 0.493 e. The van der Waals surface area contributed by atoms with Crippen LogP contribution >= 0.6 is 0 Å². The van der Waals surface area contributed by atoms with Crippen LogP contribution in [0.5, 0.6) is 5.75 Å². The van der Waals surface area contributed by atoms with Gasteiger partial charge >= 0.3 is 5.97 Å². The summed E-state index contributed by atoms with van der Waals surface area (Å²) in [6.45, 7) is 5.76. The molecule has 0 amide bonds. The second-order valence-corrected chi connectivity index (χ2v) is 5.58. The van der Waals surface area contributed by atoms with Crippen molar-refractivity contribution in [1.82, 2.24) is 10.9 Å². The van der Waals surface area contributed by atoms with Crippen LogP contribution < -0.4 is 15.6 Å². The zero-order valence-corrected chi connectivity index (χ0v) is 12.7. The van der Waals surface area contributed by atoms with Crippen LogP contribution in [0.25, 0.3) is 0 Å². The Kier molecular flexibility index (Phi) is 6.02. The predicted molar refractivity (Wildman–Crippen MR) is 80.8 cm³/mol. The molecule has 0 saturated carbocycles. The van der Waals surface area contributed by atoms with Crippen molar-refractivity contribution in [3.8, 4) is 5.75 Å². The molecule has 0 aliphatic carbocycles. The van der Waals surface area contributed by atoms with E-state index in [1.54, 1.807) is 0 Å². The number of esters is 1. The van der Waals surface area contributed by atoms with Crippen molar-refractivity contribution < 1.29 is 14.3 Å². The minimum Gasteiger partial charge on any atom is -0.493 e. The number of rotatable bonds is 7. The monoisotopic (exact) mass is 292 g/mol. The molecule has 2 unspecified atom stereocenters. The van der Waals surface area contributed by atoms with Crippen LogP contribution in [0, 0.1) is 11.8 Å². The van der Waals surface area contributed by atoms with Gasteiger partial charge in [0, 0.05) is 19.0 Å². The highest BCUT2D eigenvalue weighted by molar-refractivity contribution is 5.74. The lowest BCUT2D eigenvalue weighted by Crippen LogP contribution is -2.38. The first-order valence-electron chi connectivity index (χ1n) is 7.51. The van der Waals surface area contributed by atoms with E-state index in [1.165, 1.54) is 0 Å². The van der Waals surface area contributed by atoms with Crippen molar-refractivity contribution in [1.29, 1.82) is 0 Å². The molecule has 2 atom stereocenters. The first-order valence-corrected chi connectivity index (χ1v) is 7.51. The minimum absolute atomic E-state index is 0.111. The molecular formula is C16H24N2O3. The van der Waals surface area contributed by atoms with Crippen LogP contribution in [0.3, 0.4) is 0 Å². The third-order valence-electron chi connectivity index (χ3n) is 3.59. The maximum absolute atomic E-state index is 12.1. The topological polar surface area (TPSA) is 59.6 Å². The molecule has 116 valence electrons. The van der Waals surface area contributed by atoms with Gasteiger partial charge in [-0.05, 0) is 18.1 Å². The van der Waals surface area contributed by atoms with Gasteiger partial charge in [-0.25, -0.2) is 0 Å². The summed E-state index contributed by atoms with van der Waals surface area (Å²) >= 11 is 0. The van der Waals surface area contributed by atoms with Gasteiger partial charge in [-0.15, -0.1) is 0 Å². The molecule has 21 heavy (non-hydrogen) atoms. The van der Waals surface area contributed by atoms with E-state index in [1.807, 2.05) is 30.3 Å². The Morgan fingerprint density at radius 2 is 2.05 bits per heavy atom. The highest BCUT2D eigenvalue weighted by Crippen LogP contribution is 2.17. The Bertz CT molecular complexity index is 436. The van der Waals surface area contributed by atoms with Crippen molar-refractivity contribution in [3.05, 3.63) is 30.3 Å². The smallest absolute Gasteiger partial charge is 0.311 e. The van der Waals surface area contributed by atoms with Crippen molar-refractivity contribution in [2.75, 3.05) is 19.8 Å². The van der Waals surface area contributed by atoms with E-state index in [0.717, 1.165) is 5.75 Å². The van der Waals surface area contributed by atoms with Gasteiger partial charge in [-0.3, -0.25) is 15.6 Å². The number of hydrogen-bond acceptors (Lipinski definition) is 5. The fourth-order valence-corrected chi connectivity index (χ4v) is 2.42. The molecule has 2 rings (SSSR count). The molecule has 2 N–H and O–H groups in total. The summed E-state index contributed by atoms with van der Waals surface area (Å²) in [6.07, 6.45) is 0.695. The summed E-state index contributed by atoms with van der Waals surface area (Å²) in [5.41, 5.74) is 6.17. The molecule has 5 heteroatoms. The van der Waals surface area contributed by atoms with Crippen LogP contribution in [0.1, 0.15) is 20.3 Å². The normalized spacial score (nSPS) is 21.5. The van der Waals surface area contributed by atoms with E-state index in [9.17, 15) is 4.79 Å². The molecule has 5 nitrogen and oxygen atoms in total. The third-order valence-corrected chi connectivity index (χ3v) is 3.59. The number of carbonyl (C=O) groups excluding carboxylic acids is 1. The molecule has 1 heterocycles. The van der Waals surface area contributed by atoms with E-state index in [4.69, 9.17) is 9.47 Å². The molecule has 0 radical (unpaired) electrons. The summed E-state index contributed by atoms with van der Waals surface area (Å²) in [5, 5.41) is 0. The van der Waals surface area contributed by atoms with E-state index in [0.29, 0.717) is 32.1 Å². The summed E-state index contributed by atoms with van der Waals surface area (Å²) in [4.78, 5) is 12.1.